The number of halogens is 1. The number of carbonyl (C=O) groups excluding carboxylic acids is 1. The molecule has 0 saturated carbocycles. The van der Waals surface area contributed by atoms with Crippen LogP contribution in [0.2, 0.25) is 0 Å². The molecule has 3 heterocycles. The number of nitrogens with zero attached hydrogens (tertiary/aromatic N) is 6. The Balaban J connectivity index is 1.20. The average Bonchev–Trinajstić information content (AvgIpc) is 3.30. The maximum atomic E-state index is 13.2. The molecule has 0 aliphatic carbocycles. The minimum absolute atomic E-state index is 0.0355. The van der Waals surface area contributed by atoms with Crippen molar-refractivity contribution in [3.63, 3.8) is 0 Å². The van der Waals surface area contributed by atoms with Gasteiger partial charge in [0.15, 0.2) is 5.65 Å². The number of aryl methyl sites for hydroxylation is 1. The van der Waals surface area contributed by atoms with Gasteiger partial charge in [-0.05, 0) is 29.8 Å². The Morgan fingerprint density at radius 3 is 2.44 bits per heavy atom. The van der Waals surface area contributed by atoms with E-state index in [1.54, 1.807) is 12.1 Å². The van der Waals surface area contributed by atoms with Crippen molar-refractivity contribution in [1.82, 2.24) is 29.1 Å². The van der Waals surface area contributed by atoms with Gasteiger partial charge in [-0.25, -0.2) is 14.1 Å². The van der Waals surface area contributed by atoms with Crippen LogP contribution in [0.5, 0.6) is 0 Å². The molecule has 1 fully saturated rings. The zero-order valence-electron chi connectivity index (χ0n) is 18.7. The highest BCUT2D eigenvalue weighted by Gasteiger charge is 2.21. The molecular formula is C25H25FN6O2. The van der Waals surface area contributed by atoms with Crippen LogP contribution in [0.15, 0.2) is 71.9 Å². The quantitative estimate of drug-likeness (QED) is 0.442. The SMILES string of the molecule is O=C(CCn1cnc2c(cnn2-c2ccc(F)cc2)c1=O)N1CCN(Cc2ccccc2)CC1. The Kier molecular flexibility index (Phi) is 6.18. The first kappa shape index (κ1) is 22.0. The number of rotatable bonds is 6. The fourth-order valence-electron chi connectivity index (χ4n) is 4.25. The summed E-state index contributed by atoms with van der Waals surface area (Å²) in [6.07, 6.45) is 3.13. The first-order chi connectivity index (χ1) is 16.6. The second-order valence-electron chi connectivity index (χ2n) is 8.41. The molecule has 5 rings (SSSR count). The van der Waals surface area contributed by atoms with Crippen LogP contribution in [-0.4, -0.2) is 61.2 Å². The lowest BCUT2D eigenvalue weighted by Gasteiger charge is -2.34. The Morgan fingerprint density at radius 1 is 0.971 bits per heavy atom. The first-order valence-electron chi connectivity index (χ1n) is 11.3. The third kappa shape index (κ3) is 4.60. The molecule has 8 nitrogen and oxygen atoms in total. The summed E-state index contributed by atoms with van der Waals surface area (Å²) in [5.41, 5.74) is 2.03. The number of carbonyl (C=O) groups is 1. The lowest BCUT2D eigenvalue weighted by molar-refractivity contribution is -0.133. The normalized spacial score (nSPS) is 14.6. The molecule has 34 heavy (non-hydrogen) atoms. The van der Waals surface area contributed by atoms with E-state index in [1.165, 1.54) is 39.5 Å². The van der Waals surface area contributed by atoms with Crippen LogP contribution < -0.4 is 5.56 Å². The summed E-state index contributed by atoms with van der Waals surface area (Å²) in [5, 5.41) is 4.60. The number of piperazine rings is 1. The zero-order chi connectivity index (χ0) is 23.5. The summed E-state index contributed by atoms with van der Waals surface area (Å²) in [6.45, 7) is 4.17. The van der Waals surface area contributed by atoms with Crippen LogP contribution >= 0.6 is 0 Å². The van der Waals surface area contributed by atoms with E-state index >= 15 is 0 Å². The molecule has 9 heteroatoms. The van der Waals surface area contributed by atoms with Gasteiger partial charge in [0.2, 0.25) is 5.91 Å². The standard InChI is InChI=1S/C25H25FN6O2/c26-20-6-8-21(9-7-20)32-24-22(16-28-32)25(34)31(18-27-24)11-10-23(33)30-14-12-29(13-15-30)17-19-4-2-1-3-5-19/h1-9,16,18H,10-15,17H2. The topological polar surface area (TPSA) is 76.3 Å². The van der Waals surface area contributed by atoms with Crippen molar-refractivity contribution in [3.8, 4) is 5.69 Å². The molecule has 174 valence electrons. The summed E-state index contributed by atoms with van der Waals surface area (Å²) in [6, 6.07) is 16.1. The van der Waals surface area contributed by atoms with E-state index in [9.17, 15) is 14.0 Å². The fraction of sp³-hybridized carbons (Fsp3) is 0.280. The largest absolute Gasteiger partial charge is 0.340 e. The number of fused-ring (bicyclic) bond motifs is 1. The molecule has 2 aromatic heterocycles. The highest BCUT2D eigenvalue weighted by Crippen LogP contribution is 2.14. The number of aromatic nitrogens is 4. The molecule has 1 aliphatic heterocycles. The fourth-order valence-corrected chi connectivity index (χ4v) is 4.25. The van der Waals surface area contributed by atoms with Gasteiger partial charge in [0.1, 0.15) is 11.2 Å². The van der Waals surface area contributed by atoms with Crippen molar-refractivity contribution >= 4 is 16.9 Å². The third-order valence-electron chi connectivity index (χ3n) is 6.17. The molecule has 2 aromatic carbocycles. The summed E-state index contributed by atoms with van der Waals surface area (Å²) in [7, 11) is 0. The molecule has 0 radical (unpaired) electrons. The molecule has 0 atom stereocenters. The molecule has 1 saturated heterocycles. The maximum Gasteiger partial charge on any atom is 0.264 e. The summed E-state index contributed by atoms with van der Waals surface area (Å²) in [5.74, 6) is -0.314. The summed E-state index contributed by atoms with van der Waals surface area (Å²) >= 11 is 0. The minimum atomic E-state index is -0.349. The van der Waals surface area contributed by atoms with Gasteiger partial charge in [0, 0.05) is 45.7 Å². The Morgan fingerprint density at radius 2 is 1.71 bits per heavy atom. The van der Waals surface area contributed by atoms with Crippen LogP contribution in [0, 0.1) is 5.82 Å². The van der Waals surface area contributed by atoms with Crippen LogP contribution in [0.25, 0.3) is 16.7 Å². The summed E-state index contributed by atoms with van der Waals surface area (Å²) < 4.78 is 16.2. The molecule has 0 N–H and O–H groups in total. The van der Waals surface area contributed by atoms with Crippen molar-refractivity contribution < 1.29 is 9.18 Å². The predicted molar refractivity (Wildman–Crippen MR) is 126 cm³/mol. The predicted octanol–water partition coefficient (Wildman–Crippen LogP) is 2.46. The lowest BCUT2D eigenvalue weighted by atomic mass is 10.2. The van der Waals surface area contributed by atoms with E-state index < -0.39 is 0 Å². The highest BCUT2D eigenvalue weighted by atomic mass is 19.1. The van der Waals surface area contributed by atoms with E-state index in [0.29, 0.717) is 29.8 Å². The number of hydrogen-bond donors (Lipinski definition) is 0. The highest BCUT2D eigenvalue weighted by molar-refractivity contribution is 5.77. The maximum absolute atomic E-state index is 13.2. The van der Waals surface area contributed by atoms with Gasteiger partial charge in [-0.3, -0.25) is 19.1 Å². The van der Waals surface area contributed by atoms with Gasteiger partial charge in [-0.1, -0.05) is 30.3 Å². The van der Waals surface area contributed by atoms with Gasteiger partial charge >= 0.3 is 0 Å². The van der Waals surface area contributed by atoms with Crippen molar-refractivity contribution in [3.05, 3.63) is 88.9 Å². The van der Waals surface area contributed by atoms with E-state index in [2.05, 4.69) is 27.1 Å². The Hall–Kier alpha value is -3.85. The zero-order valence-corrected chi connectivity index (χ0v) is 18.7. The van der Waals surface area contributed by atoms with Gasteiger partial charge in [-0.15, -0.1) is 0 Å². The van der Waals surface area contributed by atoms with E-state index in [0.717, 1.165) is 19.6 Å². The van der Waals surface area contributed by atoms with Crippen LogP contribution in [0.4, 0.5) is 4.39 Å². The molecule has 4 aromatic rings. The molecule has 0 spiro atoms. The minimum Gasteiger partial charge on any atom is -0.340 e. The van der Waals surface area contributed by atoms with Crippen molar-refractivity contribution in [2.75, 3.05) is 26.2 Å². The number of hydrogen-bond acceptors (Lipinski definition) is 5. The van der Waals surface area contributed by atoms with Gasteiger partial charge in [0.25, 0.3) is 5.56 Å². The van der Waals surface area contributed by atoms with E-state index in [1.807, 2.05) is 23.1 Å². The van der Waals surface area contributed by atoms with Crippen LogP contribution in [-0.2, 0) is 17.9 Å². The summed E-state index contributed by atoms with van der Waals surface area (Å²) in [4.78, 5) is 34.3. The molecule has 0 bridgehead atoms. The van der Waals surface area contributed by atoms with Crippen LogP contribution in [0.1, 0.15) is 12.0 Å². The monoisotopic (exact) mass is 460 g/mol. The van der Waals surface area contributed by atoms with Crippen molar-refractivity contribution in [1.29, 1.82) is 0 Å². The van der Waals surface area contributed by atoms with Gasteiger partial charge in [0.05, 0.1) is 18.2 Å². The van der Waals surface area contributed by atoms with Gasteiger partial charge < -0.3 is 4.90 Å². The van der Waals surface area contributed by atoms with Crippen molar-refractivity contribution in [2.24, 2.45) is 0 Å². The second kappa shape index (κ2) is 9.56. The first-order valence-corrected chi connectivity index (χ1v) is 11.3. The molecular weight excluding hydrogens is 435 g/mol. The van der Waals surface area contributed by atoms with E-state index in [-0.39, 0.29) is 30.2 Å². The van der Waals surface area contributed by atoms with Crippen LogP contribution in [0.3, 0.4) is 0 Å². The number of benzene rings is 2. The average molecular weight is 461 g/mol. The van der Waals surface area contributed by atoms with E-state index in [4.69, 9.17) is 0 Å². The second-order valence-corrected chi connectivity index (χ2v) is 8.41. The molecule has 1 amide bonds. The Labute approximate surface area is 195 Å². The Bertz CT molecular complexity index is 1340. The third-order valence-corrected chi connectivity index (χ3v) is 6.17. The lowest BCUT2D eigenvalue weighted by Crippen LogP contribution is -2.48. The van der Waals surface area contributed by atoms with Gasteiger partial charge in [-0.2, -0.15) is 5.10 Å². The number of amides is 1. The molecule has 1 aliphatic rings. The molecule has 0 unspecified atom stereocenters. The van der Waals surface area contributed by atoms with Crippen molar-refractivity contribution in [2.45, 2.75) is 19.5 Å². The smallest absolute Gasteiger partial charge is 0.264 e.